The number of carboxylic acids is 1. The highest BCUT2D eigenvalue weighted by atomic mass is 16.5. The number of hydrogen-bond acceptors (Lipinski definition) is 4. The fraction of sp³-hybridized carbons (Fsp3) is 0.375. The molecule has 1 saturated heterocycles. The lowest BCUT2D eigenvalue weighted by molar-refractivity contribution is -0.131. The molecule has 0 bridgehead atoms. The molecule has 21 heavy (non-hydrogen) atoms. The van der Waals surface area contributed by atoms with Crippen LogP contribution >= 0.6 is 0 Å². The Kier molecular flexibility index (Phi) is 4.61. The van der Waals surface area contributed by atoms with Gasteiger partial charge < -0.3 is 14.7 Å². The first-order chi connectivity index (χ1) is 9.99. The molecule has 0 aliphatic carbocycles. The van der Waals surface area contributed by atoms with Crippen molar-refractivity contribution < 1.29 is 14.6 Å². The second kappa shape index (κ2) is 6.42. The number of nitrogens with zero attached hydrogens (tertiary/aromatic N) is 2. The molecule has 1 aromatic carbocycles. The van der Waals surface area contributed by atoms with Gasteiger partial charge in [0.1, 0.15) is 6.07 Å². The largest absolute Gasteiger partial charge is 0.478 e. The van der Waals surface area contributed by atoms with E-state index < -0.39 is 5.97 Å². The van der Waals surface area contributed by atoms with E-state index in [0.29, 0.717) is 11.1 Å². The number of morpholine rings is 1. The average molecular weight is 286 g/mol. The maximum absolute atomic E-state index is 10.5. The van der Waals surface area contributed by atoms with Crippen molar-refractivity contribution in [1.82, 2.24) is 0 Å². The Labute approximate surface area is 124 Å². The highest BCUT2D eigenvalue weighted by Crippen LogP contribution is 2.25. The van der Waals surface area contributed by atoms with Gasteiger partial charge in [-0.15, -0.1) is 0 Å². The van der Waals surface area contributed by atoms with Crippen LogP contribution in [0.25, 0.3) is 6.08 Å². The van der Waals surface area contributed by atoms with Crippen molar-refractivity contribution in [2.45, 2.75) is 26.1 Å². The van der Waals surface area contributed by atoms with E-state index in [9.17, 15) is 10.1 Å². The number of carboxylic acid groups (broad SMARTS) is 1. The van der Waals surface area contributed by atoms with Crippen molar-refractivity contribution in [3.05, 3.63) is 35.4 Å². The van der Waals surface area contributed by atoms with E-state index in [4.69, 9.17) is 9.84 Å². The van der Waals surface area contributed by atoms with Gasteiger partial charge in [0.05, 0.1) is 23.5 Å². The van der Waals surface area contributed by atoms with Crippen molar-refractivity contribution in [2.75, 3.05) is 18.0 Å². The van der Waals surface area contributed by atoms with Crippen molar-refractivity contribution in [2.24, 2.45) is 0 Å². The summed E-state index contributed by atoms with van der Waals surface area (Å²) in [5, 5.41) is 18.0. The predicted octanol–water partition coefficient (Wildman–Crippen LogP) is 2.27. The van der Waals surface area contributed by atoms with Gasteiger partial charge >= 0.3 is 5.97 Å². The summed E-state index contributed by atoms with van der Waals surface area (Å²) in [6, 6.07) is 7.58. The van der Waals surface area contributed by atoms with Gasteiger partial charge in [-0.25, -0.2) is 4.79 Å². The number of anilines is 1. The monoisotopic (exact) mass is 286 g/mol. The van der Waals surface area contributed by atoms with Gasteiger partial charge in [-0.3, -0.25) is 0 Å². The Balaban J connectivity index is 2.28. The van der Waals surface area contributed by atoms with Crippen LogP contribution in [-0.4, -0.2) is 36.4 Å². The average Bonchev–Trinajstić information content (AvgIpc) is 2.43. The molecule has 1 aromatic rings. The van der Waals surface area contributed by atoms with E-state index in [1.807, 2.05) is 26.0 Å². The number of ether oxygens (including phenoxy) is 1. The van der Waals surface area contributed by atoms with Crippen LogP contribution in [0.3, 0.4) is 0 Å². The third-order valence-corrected chi connectivity index (χ3v) is 3.32. The van der Waals surface area contributed by atoms with E-state index >= 15 is 0 Å². The minimum absolute atomic E-state index is 0.117. The topological polar surface area (TPSA) is 73.6 Å². The number of hydrogen-bond donors (Lipinski definition) is 1. The molecule has 0 aromatic heterocycles. The molecule has 1 aliphatic heterocycles. The SMILES string of the molecule is CC1CN(c2ccc(/C=C/C(=O)O)cc2C#N)CC(C)O1. The zero-order valence-electron chi connectivity index (χ0n) is 12.1. The number of carbonyl (C=O) groups is 1. The third-order valence-electron chi connectivity index (χ3n) is 3.32. The van der Waals surface area contributed by atoms with E-state index in [1.54, 1.807) is 6.07 Å². The van der Waals surface area contributed by atoms with Crippen LogP contribution < -0.4 is 4.90 Å². The van der Waals surface area contributed by atoms with Gasteiger partial charge in [0.25, 0.3) is 0 Å². The van der Waals surface area contributed by atoms with E-state index in [-0.39, 0.29) is 12.2 Å². The van der Waals surface area contributed by atoms with Crippen LogP contribution in [0.4, 0.5) is 5.69 Å². The molecule has 0 spiro atoms. The molecule has 1 N–H and O–H groups in total. The van der Waals surface area contributed by atoms with Crippen molar-refractivity contribution in [1.29, 1.82) is 5.26 Å². The highest BCUT2D eigenvalue weighted by Gasteiger charge is 2.23. The molecule has 2 atom stereocenters. The lowest BCUT2D eigenvalue weighted by Gasteiger charge is -2.37. The van der Waals surface area contributed by atoms with Crippen LogP contribution in [0.1, 0.15) is 25.0 Å². The lowest BCUT2D eigenvalue weighted by atomic mass is 10.1. The Bertz CT molecular complexity index is 594. The lowest BCUT2D eigenvalue weighted by Crippen LogP contribution is -2.45. The van der Waals surface area contributed by atoms with Gasteiger partial charge in [-0.05, 0) is 37.6 Å². The van der Waals surface area contributed by atoms with Crippen molar-refractivity contribution >= 4 is 17.7 Å². The summed E-state index contributed by atoms with van der Waals surface area (Å²) in [5.74, 6) is -1.01. The van der Waals surface area contributed by atoms with Gasteiger partial charge in [0.15, 0.2) is 0 Å². The molecule has 1 fully saturated rings. The maximum Gasteiger partial charge on any atom is 0.328 e. The predicted molar refractivity (Wildman–Crippen MR) is 80.0 cm³/mol. The summed E-state index contributed by atoms with van der Waals surface area (Å²) in [6.07, 6.45) is 2.78. The van der Waals surface area contributed by atoms with Gasteiger partial charge in [0.2, 0.25) is 0 Å². The van der Waals surface area contributed by atoms with Crippen LogP contribution in [0.2, 0.25) is 0 Å². The molecule has 2 rings (SSSR count). The summed E-state index contributed by atoms with van der Waals surface area (Å²) in [7, 11) is 0. The zero-order chi connectivity index (χ0) is 15.4. The summed E-state index contributed by atoms with van der Waals surface area (Å²) in [5.41, 5.74) is 2.11. The van der Waals surface area contributed by atoms with Crippen molar-refractivity contribution in [3.63, 3.8) is 0 Å². The summed E-state index contributed by atoms with van der Waals surface area (Å²) < 4.78 is 5.70. The van der Waals surface area contributed by atoms with Crippen LogP contribution in [-0.2, 0) is 9.53 Å². The quantitative estimate of drug-likeness (QED) is 0.863. The molecule has 110 valence electrons. The van der Waals surface area contributed by atoms with Crippen LogP contribution in [0, 0.1) is 11.3 Å². The Morgan fingerprint density at radius 2 is 2.10 bits per heavy atom. The number of rotatable bonds is 3. The Morgan fingerprint density at radius 3 is 2.67 bits per heavy atom. The van der Waals surface area contributed by atoms with E-state index in [1.165, 1.54) is 6.08 Å². The minimum atomic E-state index is -1.01. The first-order valence-corrected chi connectivity index (χ1v) is 6.85. The first-order valence-electron chi connectivity index (χ1n) is 6.85. The second-order valence-electron chi connectivity index (χ2n) is 5.22. The Hall–Kier alpha value is -2.32. The molecule has 0 amide bonds. The first kappa shape index (κ1) is 15.1. The summed E-state index contributed by atoms with van der Waals surface area (Å²) >= 11 is 0. The minimum Gasteiger partial charge on any atom is -0.478 e. The third kappa shape index (κ3) is 3.83. The molecule has 2 unspecified atom stereocenters. The number of nitriles is 1. The number of aliphatic carboxylic acids is 1. The molecule has 5 heteroatoms. The Morgan fingerprint density at radius 1 is 1.43 bits per heavy atom. The van der Waals surface area contributed by atoms with Crippen LogP contribution in [0.5, 0.6) is 0 Å². The summed E-state index contributed by atoms with van der Waals surface area (Å²) in [6.45, 7) is 5.50. The summed E-state index contributed by atoms with van der Waals surface area (Å²) in [4.78, 5) is 12.7. The zero-order valence-corrected chi connectivity index (χ0v) is 12.1. The van der Waals surface area contributed by atoms with Gasteiger partial charge in [-0.2, -0.15) is 5.26 Å². The number of benzene rings is 1. The highest BCUT2D eigenvalue weighted by molar-refractivity contribution is 5.85. The van der Waals surface area contributed by atoms with Crippen LogP contribution in [0.15, 0.2) is 24.3 Å². The van der Waals surface area contributed by atoms with Gasteiger partial charge in [0, 0.05) is 19.2 Å². The normalized spacial score (nSPS) is 22.2. The standard InChI is InChI=1S/C16H18N2O3/c1-11-9-18(10-12(2)21-11)15-5-3-13(4-6-16(19)20)7-14(15)8-17/h3-7,11-12H,9-10H2,1-2H3,(H,19,20)/b6-4+. The molecule has 0 radical (unpaired) electrons. The molecule has 1 aliphatic rings. The molecule has 5 nitrogen and oxygen atoms in total. The molecule has 1 heterocycles. The van der Waals surface area contributed by atoms with E-state index in [2.05, 4.69) is 11.0 Å². The van der Waals surface area contributed by atoms with E-state index in [0.717, 1.165) is 24.9 Å². The van der Waals surface area contributed by atoms with Crippen molar-refractivity contribution in [3.8, 4) is 6.07 Å². The van der Waals surface area contributed by atoms with Gasteiger partial charge in [-0.1, -0.05) is 6.07 Å². The molecular weight excluding hydrogens is 268 g/mol. The second-order valence-corrected chi connectivity index (χ2v) is 5.22. The fourth-order valence-electron chi connectivity index (χ4n) is 2.56. The smallest absolute Gasteiger partial charge is 0.328 e. The molecule has 0 saturated carbocycles. The molecular formula is C16H18N2O3. The maximum atomic E-state index is 10.5. The fourth-order valence-corrected chi connectivity index (χ4v) is 2.56.